The van der Waals surface area contributed by atoms with Gasteiger partial charge in [-0.3, -0.25) is 4.79 Å². The number of fused-ring (bicyclic) bond motifs is 1. The predicted molar refractivity (Wildman–Crippen MR) is 127 cm³/mol. The Kier molecular flexibility index (Phi) is 7.82. The summed E-state index contributed by atoms with van der Waals surface area (Å²) >= 11 is 0. The van der Waals surface area contributed by atoms with E-state index < -0.39 is 20.0 Å². The van der Waals surface area contributed by atoms with Crippen LogP contribution in [0.4, 0.5) is 0 Å². The highest BCUT2D eigenvalue weighted by molar-refractivity contribution is 7.89. The van der Waals surface area contributed by atoms with Gasteiger partial charge in [0.15, 0.2) is 0 Å². The molecule has 0 radical (unpaired) electrons. The fraction of sp³-hybridized carbons (Fsp3) is 0.619. The second-order valence-corrected chi connectivity index (χ2v) is 12.6. The maximum Gasteiger partial charge on any atom is 0.242 e. The van der Waals surface area contributed by atoms with Crippen molar-refractivity contribution in [2.45, 2.75) is 44.0 Å². The van der Waals surface area contributed by atoms with Crippen LogP contribution in [0.15, 0.2) is 23.1 Å². The Morgan fingerprint density at radius 3 is 2.33 bits per heavy atom. The maximum atomic E-state index is 12.8. The molecule has 2 heterocycles. The van der Waals surface area contributed by atoms with E-state index >= 15 is 0 Å². The van der Waals surface area contributed by atoms with Crippen molar-refractivity contribution in [3.63, 3.8) is 0 Å². The second-order valence-electron chi connectivity index (χ2n) is 8.51. The highest BCUT2D eigenvalue weighted by Gasteiger charge is 2.26. The van der Waals surface area contributed by atoms with Crippen molar-refractivity contribution < 1.29 is 21.6 Å². The van der Waals surface area contributed by atoms with Crippen LogP contribution in [0.25, 0.3) is 11.0 Å². The number of unbranched alkanes of at least 4 members (excludes halogenated alkanes) is 1. The van der Waals surface area contributed by atoms with Crippen molar-refractivity contribution in [2.24, 2.45) is 0 Å². The molecule has 0 aliphatic carbocycles. The number of hydrogen-bond donors (Lipinski definition) is 0. The van der Waals surface area contributed by atoms with Crippen molar-refractivity contribution >= 4 is 37.0 Å². The van der Waals surface area contributed by atoms with Crippen LogP contribution in [0, 0.1) is 0 Å². The molecule has 3 rings (SSSR count). The number of amides is 1. The SMILES string of the molecule is CCCCn1c(CCC(=O)N2CCN(S(C)(=O)=O)CC2)nc2cc(S(=O)(=O)N(C)C)ccc21. The zero-order valence-corrected chi connectivity index (χ0v) is 21.3. The molecule has 0 spiro atoms. The maximum absolute atomic E-state index is 12.8. The lowest BCUT2D eigenvalue weighted by Crippen LogP contribution is -2.50. The first-order valence-corrected chi connectivity index (χ1v) is 14.4. The average Bonchev–Trinajstić information content (AvgIpc) is 3.11. The molecular weight excluding hydrogens is 466 g/mol. The summed E-state index contributed by atoms with van der Waals surface area (Å²) < 4.78 is 53.0. The van der Waals surface area contributed by atoms with Crippen LogP contribution in [0.5, 0.6) is 0 Å². The number of piperazine rings is 1. The summed E-state index contributed by atoms with van der Waals surface area (Å²) in [6, 6.07) is 4.96. The molecule has 12 heteroatoms. The fourth-order valence-corrected chi connectivity index (χ4v) is 5.68. The number of carbonyl (C=O) groups excluding carboxylic acids is 1. The lowest BCUT2D eigenvalue weighted by atomic mass is 10.2. The number of rotatable bonds is 9. The van der Waals surface area contributed by atoms with E-state index in [1.54, 1.807) is 23.1 Å². The van der Waals surface area contributed by atoms with Crippen molar-refractivity contribution in [2.75, 3.05) is 46.5 Å². The Morgan fingerprint density at radius 1 is 1.09 bits per heavy atom. The minimum Gasteiger partial charge on any atom is -0.340 e. The average molecular weight is 500 g/mol. The molecule has 1 aliphatic rings. The topological polar surface area (TPSA) is 113 Å². The van der Waals surface area contributed by atoms with E-state index in [-0.39, 0.29) is 17.2 Å². The van der Waals surface area contributed by atoms with Crippen LogP contribution in [-0.2, 0) is 37.8 Å². The highest BCUT2D eigenvalue weighted by Crippen LogP contribution is 2.23. The van der Waals surface area contributed by atoms with E-state index in [0.29, 0.717) is 38.1 Å². The van der Waals surface area contributed by atoms with Gasteiger partial charge in [-0.1, -0.05) is 13.3 Å². The third kappa shape index (κ3) is 5.73. The standard InChI is InChI=1S/C21H33N5O5S2/c1-5-6-11-26-19-8-7-17(33(30,31)23(2)3)16-18(19)22-20(26)9-10-21(27)24-12-14-25(15-13-24)32(4,28)29/h7-8,16H,5-6,9-15H2,1-4H3. The minimum absolute atomic E-state index is 0.0341. The summed E-state index contributed by atoms with van der Waals surface area (Å²) in [6.45, 7) is 4.21. The molecule has 2 aromatic rings. The summed E-state index contributed by atoms with van der Waals surface area (Å²) in [4.78, 5) is 19.3. The molecule has 1 aromatic carbocycles. The largest absolute Gasteiger partial charge is 0.340 e. The second kappa shape index (κ2) is 10.1. The van der Waals surface area contributed by atoms with Gasteiger partial charge < -0.3 is 9.47 Å². The van der Waals surface area contributed by atoms with E-state index in [0.717, 1.165) is 30.7 Å². The van der Waals surface area contributed by atoms with E-state index in [2.05, 4.69) is 16.5 Å². The number of sulfonamides is 2. The number of carbonyl (C=O) groups is 1. The lowest BCUT2D eigenvalue weighted by molar-refractivity contribution is -0.132. The zero-order chi connectivity index (χ0) is 24.4. The Bertz CT molecular complexity index is 1210. The molecule has 0 bridgehead atoms. The van der Waals surface area contributed by atoms with Gasteiger partial charge in [-0.05, 0) is 24.6 Å². The van der Waals surface area contributed by atoms with Gasteiger partial charge in [-0.2, -0.15) is 4.31 Å². The van der Waals surface area contributed by atoms with Gasteiger partial charge in [0.25, 0.3) is 0 Å². The first kappa shape index (κ1) is 25.6. The quantitative estimate of drug-likeness (QED) is 0.511. The third-order valence-electron chi connectivity index (χ3n) is 5.94. The lowest BCUT2D eigenvalue weighted by Gasteiger charge is -2.33. The first-order valence-electron chi connectivity index (χ1n) is 11.1. The van der Waals surface area contributed by atoms with Crippen molar-refractivity contribution in [1.29, 1.82) is 0 Å². The molecule has 1 amide bonds. The Balaban J connectivity index is 1.78. The van der Waals surface area contributed by atoms with Gasteiger partial charge >= 0.3 is 0 Å². The molecule has 0 N–H and O–H groups in total. The molecule has 1 aliphatic heterocycles. The number of nitrogens with zero attached hydrogens (tertiary/aromatic N) is 5. The fourth-order valence-electron chi connectivity index (χ4n) is 3.93. The molecule has 1 fully saturated rings. The number of benzene rings is 1. The van der Waals surface area contributed by atoms with Crippen LogP contribution in [-0.4, -0.2) is 92.3 Å². The molecule has 1 aromatic heterocycles. The van der Waals surface area contributed by atoms with E-state index in [1.807, 2.05) is 0 Å². The third-order valence-corrected chi connectivity index (χ3v) is 9.05. The van der Waals surface area contributed by atoms with Crippen LogP contribution in [0.2, 0.25) is 0 Å². The van der Waals surface area contributed by atoms with Crippen molar-refractivity contribution in [1.82, 2.24) is 23.1 Å². The first-order chi connectivity index (χ1) is 15.4. The van der Waals surface area contributed by atoms with Gasteiger partial charge in [-0.25, -0.2) is 26.1 Å². The van der Waals surface area contributed by atoms with Crippen molar-refractivity contribution in [3.05, 3.63) is 24.0 Å². The smallest absolute Gasteiger partial charge is 0.242 e. The molecule has 0 atom stereocenters. The summed E-state index contributed by atoms with van der Waals surface area (Å²) in [5.74, 6) is 0.717. The molecule has 10 nitrogen and oxygen atoms in total. The Labute approximate surface area is 196 Å². The Hall–Kier alpha value is -2.02. The monoisotopic (exact) mass is 499 g/mol. The van der Waals surface area contributed by atoms with E-state index in [9.17, 15) is 21.6 Å². The zero-order valence-electron chi connectivity index (χ0n) is 19.7. The predicted octanol–water partition coefficient (Wildman–Crippen LogP) is 1.12. The minimum atomic E-state index is -3.57. The molecule has 184 valence electrons. The van der Waals surface area contributed by atoms with E-state index in [1.165, 1.54) is 29.0 Å². The van der Waals surface area contributed by atoms with Gasteiger partial charge in [0.1, 0.15) is 5.82 Å². The van der Waals surface area contributed by atoms with Gasteiger partial charge in [-0.15, -0.1) is 0 Å². The van der Waals surface area contributed by atoms with Gasteiger partial charge in [0.05, 0.1) is 22.2 Å². The summed E-state index contributed by atoms with van der Waals surface area (Å²) in [5.41, 5.74) is 1.45. The number of aromatic nitrogens is 2. The van der Waals surface area contributed by atoms with Gasteiger partial charge in [0.2, 0.25) is 26.0 Å². The highest BCUT2D eigenvalue weighted by atomic mass is 32.2. The molecule has 33 heavy (non-hydrogen) atoms. The molecule has 1 saturated heterocycles. The number of aryl methyl sites for hydroxylation is 2. The number of hydrogen-bond acceptors (Lipinski definition) is 6. The molecule has 0 saturated carbocycles. The van der Waals surface area contributed by atoms with Crippen LogP contribution in [0.1, 0.15) is 32.0 Å². The molecular formula is C21H33N5O5S2. The van der Waals surface area contributed by atoms with Crippen LogP contribution < -0.4 is 0 Å². The molecule has 0 unspecified atom stereocenters. The van der Waals surface area contributed by atoms with Crippen LogP contribution in [0.3, 0.4) is 0 Å². The van der Waals surface area contributed by atoms with Crippen LogP contribution >= 0.6 is 0 Å². The summed E-state index contributed by atoms with van der Waals surface area (Å²) in [6.07, 6.45) is 3.81. The van der Waals surface area contributed by atoms with E-state index in [4.69, 9.17) is 0 Å². The number of imidazole rings is 1. The summed E-state index contributed by atoms with van der Waals surface area (Å²) in [5, 5.41) is 0. The van der Waals surface area contributed by atoms with Crippen molar-refractivity contribution in [3.8, 4) is 0 Å². The normalized spacial score (nSPS) is 16.1. The van der Waals surface area contributed by atoms with Gasteiger partial charge in [0, 0.05) is 59.7 Å². The Morgan fingerprint density at radius 2 is 1.76 bits per heavy atom. The summed E-state index contributed by atoms with van der Waals surface area (Å²) in [7, 11) is -3.83.